The standard InChI is InChI=1S/C13H13N3O/c1-8-7-17-13-9(8)4-3-5-10(13)11-6-12(14)16(2)15-11/h3-7H,14H2,1-2H3. The van der Waals surface area contributed by atoms with Gasteiger partial charge >= 0.3 is 0 Å². The van der Waals surface area contributed by atoms with E-state index in [1.54, 1.807) is 10.9 Å². The second-order valence-corrected chi connectivity index (χ2v) is 4.18. The third kappa shape index (κ3) is 1.41. The number of nitrogens with two attached hydrogens (primary N) is 1. The quantitative estimate of drug-likeness (QED) is 0.695. The fourth-order valence-electron chi connectivity index (χ4n) is 2.00. The summed E-state index contributed by atoms with van der Waals surface area (Å²) in [7, 11) is 1.83. The lowest BCUT2D eigenvalue weighted by molar-refractivity contribution is 0.613. The zero-order chi connectivity index (χ0) is 12.0. The average Bonchev–Trinajstić information content (AvgIpc) is 2.84. The van der Waals surface area contributed by atoms with E-state index in [0.717, 1.165) is 27.8 Å². The number of para-hydroxylation sites is 1. The summed E-state index contributed by atoms with van der Waals surface area (Å²) < 4.78 is 7.25. The lowest BCUT2D eigenvalue weighted by Gasteiger charge is -1.97. The maximum Gasteiger partial charge on any atom is 0.143 e. The molecule has 0 saturated heterocycles. The molecular weight excluding hydrogens is 214 g/mol. The van der Waals surface area contributed by atoms with Gasteiger partial charge in [0.05, 0.1) is 12.0 Å². The summed E-state index contributed by atoms with van der Waals surface area (Å²) in [6, 6.07) is 7.90. The van der Waals surface area contributed by atoms with Crippen LogP contribution in [-0.2, 0) is 7.05 Å². The van der Waals surface area contributed by atoms with E-state index < -0.39 is 0 Å². The van der Waals surface area contributed by atoms with Gasteiger partial charge < -0.3 is 10.2 Å². The van der Waals surface area contributed by atoms with Crippen molar-refractivity contribution in [2.24, 2.45) is 7.05 Å². The van der Waals surface area contributed by atoms with E-state index in [9.17, 15) is 0 Å². The molecule has 3 aromatic rings. The minimum absolute atomic E-state index is 0.639. The first kappa shape index (κ1) is 9.96. The number of hydrogen-bond donors (Lipinski definition) is 1. The number of anilines is 1. The monoisotopic (exact) mass is 227 g/mol. The van der Waals surface area contributed by atoms with Crippen LogP contribution in [0.25, 0.3) is 22.2 Å². The molecule has 1 aromatic carbocycles. The molecule has 2 aromatic heterocycles. The summed E-state index contributed by atoms with van der Waals surface area (Å²) in [5.74, 6) is 0.639. The lowest BCUT2D eigenvalue weighted by Crippen LogP contribution is -1.96. The van der Waals surface area contributed by atoms with Gasteiger partial charge in [-0.1, -0.05) is 12.1 Å². The van der Waals surface area contributed by atoms with Crippen molar-refractivity contribution in [2.45, 2.75) is 6.92 Å². The first-order valence-corrected chi connectivity index (χ1v) is 5.43. The maximum atomic E-state index is 5.80. The third-order valence-electron chi connectivity index (χ3n) is 2.99. The first-order valence-electron chi connectivity index (χ1n) is 5.43. The van der Waals surface area contributed by atoms with E-state index in [0.29, 0.717) is 5.82 Å². The first-order chi connectivity index (χ1) is 8.16. The highest BCUT2D eigenvalue weighted by atomic mass is 16.3. The third-order valence-corrected chi connectivity index (χ3v) is 2.99. The highest BCUT2D eigenvalue weighted by Crippen LogP contribution is 2.31. The fourth-order valence-corrected chi connectivity index (χ4v) is 2.00. The molecule has 0 radical (unpaired) electrons. The minimum Gasteiger partial charge on any atom is -0.463 e. The molecule has 2 heterocycles. The molecule has 0 aliphatic carbocycles. The van der Waals surface area contributed by atoms with Crippen LogP contribution in [0.3, 0.4) is 0 Å². The molecule has 0 fully saturated rings. The number of hydrogen-bond acceptors (Lipinski definition) is 3. The van der Waals surface area contributed by atoms with Gasteiger partial charge in [-0.2, -0.15) is 5.10 Å². The normalized spacial score (nSPS) is 11.2. The van der Waals surface area contributed by atoms with Gasteiger partial charge in [-0.05, 0) is 18.6 Å². The lowest BCUT2D eigenvalue weighted by atomic mass is 10.1. The van der Waals surface area contributed by atoms with Crippen LogP contribution in [0, 0.1) is 6.92 Å². The molecule has 0 aliphatic heterocycles. The molecule has 17 heavy (non-hydrogen) atoms. The Morgan fingerprint density at radius 3 is 2.88 bits per heavy atom. The van der Waals surface area contributed by atoms with Gasteiger partial charge in [-0.3, -0.25) is 4.68 Å². The van der Waals surface area contributed by atoms with Crippen LogP contribution in [-0.4, -0.2) is 9.78 Å². The van der Waals surface area contributed by atoms with E-state index in [-0.39, 0.29) is 0 Å². The molecule has 0 unspecified atom stereocenters. The summed E-state index contributed by atoms with van der Waals surface area (Å²) >= 11 is 0. The Kier molecular flexibility index (Phi) is 1.98. The molecule has 0 atom stereocenters. The molecule has 0 saturated carbocycles. The Balaban J connectivity index is 2.30. The number of nitrogen functional groups attached to an aromatic ring is 1. The summed E-state index contributed by atoms with van der Waals surface area (Å²) in [4.78, 5) is 0. The number of fused-ring (bicyclic) bond motifs is 1. The maximum absolute atomic E-state index is 5.80. The van der Waals surface area contributed by atoms with Crippen LogP contribution < -0.4 is 5.73 Å². The molecule has 0 bridgehead atoms. The van der Waals surface area contributed by atoms with Gasteiger partial charge in [0, 0.05) is 24.1 Å². The van der Waals surface area contributed by atoms with E-state index in [1.165, 1.54) is 0 Å². The van der Waals surface area contributed by atoms with Gasteiger partial charge in [0.15, 0.2) is 0 Å². The van der Waals surface area contributed by atoms with Gasteiger partial charge in [0.25, 0.3) is 0 Å². The van der Waals surface area contributed by atoms with Crippen molar-refractivity contribution in [3.63, 3.8) is 0 Å². The van der Waals surface area contributed by atoms with Gasteiger partial charge in [0.1, 0.15) is 11.4 Å². The van der Waals surface area contributed by atoms with Crippen molar-refractivity contribution < 1.29 is 4.42 Å². The molecule has 0 amide bonds. The highest BCUT2D eigenvalue weighted by Gasteiger charge is 2.12. The molecule has 0 aliphatic rings. The number of aromatic nitrogens is 2. The molecule has 0 spiro atoms. The Morgan fingerprint density at radius 2 is 2.18 bits per heavy atom. The predicted molar refractivity (Wildman–Crippen MR) is 67.6 cm³/mol. The van der Waals surface area contributed by atoms with Crippen LogP contribution in [0.5, 0.6) is 0 Å². The average molecular weight is 227 g/mol. The molecule has 4 nitrogen and oxygen atoms in total. The summed E-state index contributed by atoms with van der Waals surface area (Å²) in [6.07, 6.45) is 1.76. The Bertz CT molecular complexity index is 674. The summed E-state index contributed by atoms with van der Waals surface area (Å²) in [6.45, 7) is 2.03. The van der Waals surface area contributed by atoms with Crippen molar-refractivity contribution in [1.82, 2.24) is 9.78 Å². The van der Waals surface area contributed by atoms with Crippen molar-refractivity contribution in [3.05, 3.63) is 36.1 Å². The van der Waals surface area contributed by atoms with Gasteiger partial charge in [-0.15, -0.1) is 0 Å². The Labute approximate surface area is 98.6 Å². The van der Waals surface area contributed by atoms with Crippen LogP contribution in [0.15, 0.2) is 34.9 Å². The molecular formula is C13H13N3O. The number of nitrogens with zero attached hydrogens (tertiary/aromatic N) is 2. The highest BCUT2D eigenvalue weighted by molar-refractivity contribution is 5.93. The Hall–Kier alpha value is -2.23. The SMILES string of the molecule is Cc1coc2c(-c3cc(N)n(C)n3)cccc12. The van der Waals surface area contributed by atoms with E-state index >= 15 is 0 Å². The van der Waals surface area contributed by atoms with Crippen LogP contribution in [0.2, 0.25) is 0 Å². The number of benzene rings is 1. The van der Waals surface area contributed by atoms with E-state index in [1.807, 2.05) is 38.2 Å². The predicted octanol–water partition coefficient (Wildman–Crippen LogP) is 2.72. The fraction of sp³-hybridized carbons (Fsp3) is 0.154. The smallest absolute Gasteiger partial charge is 0.143 e. The summed E-state index contributed by atoms with van der Waals surface area (Å²) in [5.41, 5.74) is 9.60. The van der Waals surface area contributed by atoms with Gasteiger partial charge in [-0.25, -0.2) is 0 Å². The molecule has 2 N–H and O–H groups in total. The van der Waals surface area contributed by atoms with Crippen LogP contribution in [0.1, 0.15) is 5.56 Å². The van der Waals surface area contributed by atoms with Gasteiger partial charge in [0.2, 0.25) is 0 Å². The molecule has 86 valence electrons. The van der Waals surface area contributed by atoms with Crippen molar-refractivity contribution in [3.8, 4) is 11.3 Å². The molecule has 4 heteroatoms. The zero-order valence-corrected chi connectivity index (χ0v) is 9.77. The van der Waals surface area contributed by atoms with E-state index in [2.05, 4.69) is 5.10 Å². The second-order valence-electron chi connectivity index (χ2n) is 4.18. The molecule has 3 rings (SSSR count). The second kappa shape index (κ2) is 3.38. The zero-order valence-electron chi connectivity index (χ0n) is 9.77. The van der Waals surface area contributed by atoms with Crippen molar-refractivity contribution in [1.29, 1.82) is 0 Å². The van der Waals surface area contributed by atoms with Crippen molar-refractivity contribution >= 4 is 16.8 Å². The number of rotatable bonds is 1. The van der Waals surface area contributed by atoms with Crippen molar-refractivity contribution in [2.75, 3.05) is 5.73 Å². The van der Waals surface area contributed by atoms with E-state index in [4.69, 9.17) is 10.2 Å². The summed E-state index contributed by atoms with van der Waals surface area (Å²) in [5, 5.41) is 5.49. The number of furan rings is 1. The van der Waals surface area contributed by atoms with Crippen LogP contribution in [0.4, 0.5) is 5.82 Å². The largest absolute Gasteiger partial charge is 0.463 e. The Morgan fingerprint density at radius 1 is 1.35 bits per heavy atom. The topological polar surface area (TPSA) is 57.0 Å². The number of aryl methyl sites for hydroxylation is 2. The van der Waals surface area contributed by atoms with Crippen LogP contribution >= 0.6 is 0 Å². The minimum atomic E-state index is 0.639.